The number of benzene rings is 2. The summed E-state index contributed by atoms with van der Waals surface area (Å²) < 4.78 is 32.6. The van der Waals surface area contributed by atoms with Crippen molar-refractivity contribution in [2.75, 3.05) is 19.8 Å². The molecular weight excluding hydrogens is 467 g/mol. The van der Waals surface area contributed by atoms with Crippen molar-refractivity contribution in [3.05, 3.63) is 69.0 Å². The molecule has 1 aromatic heterocycles. The van der Waals surface area contributed by atoms with Gasteiger partial charge in [0, 0.05) is 5.02 Å². The molecule has 3 aromatic rings. The Hall–Kier alpha value is -3.52. The molecule has 0 radical (unpaired) electrons. The third-order valence-corrected chi connectivity index (χ3v) is 5.48. The minimum atomic E-state index is -0.910. The Bertz CT molecular complexity index is 1330. The maximum Gasteiger partial charge on any atom is 0.284 e. The first-order chi connectivity index (χ1) is 16.4. The van der Waals surface area contributed by atoms with Crippen molar-refractivity contribution in [2.24, 2.45) is 5.73 Å². The average Bonchev–Trinajstić information content (AvgIpc) is 2.81. The number of carbonyl (C=O) groups excluding carboxylic acids is 1. The number of halogens is 2. The number of nitrogens with two attached hydrogens (primary N) is 1. The topological polar surface area (TPSA) is 129 Å². The lowest BCUT2D eigenvalue weighted by Crippen LogP contribution is -2.39. The van der Waals surface area contributed by atoms with Crippen LogP contribution in [0.3, 0.4) is 0 Å². The number of amides is 1. The van der Waals surface area contributed by atoms with Gasteiger partial charge in [-0.2, -0.15) is 5.26 Å². The fourth-order valence-corrected chi connectivity index (χ4v) is 3.83. The minimum Gasteiger partial charge on any atom is -0.487 e. The molecule has 11 heteroatoms. The van der Waals surface area contributed by atoms with E-state index in [4.69, 9.17) is 36.8 Å². The molecule has 2 N–H and O–H groups in total. The second-order valence-corrected chi connectivity index (χ2v) is 8.11. The predicted molar refractivity (Wildman–Crippen MR) is 120 cm³/mol. The Labute approximate surface area is 198 Å². The van der Waals surface area contributed by atoms with Gasteiger partial charge in [0.1, 0.15) is 18.1 Å². The van der Waals surface area contributed by atoms with Crippen molar-refractivity contribution in [2.45, 2.75) is 25.2 Å². The molecule has 9 nitrogen and oxygen atoms in total. The summed E-state index contributed by atoms with van der Waals surface area (Å²) >= 11 is 6.03. The summed E-state index contributed by atoms with van der Waals surface area (Å²) in [5.74, 6) is -2.27. The third kappa shape index (κ3) is 5.02. The number of rotatable bonds is 7. The van der Waals surface area contributed by atoms with Crippen LogP contribution in [0, 0.1) is 17.1 Å². The van der Waals surface area contributed by atoms with E-state index in [2.05, 4.69) is 4.98 Å². The van der Waals surface area contributed by atoms with Crippen LogP contribution in [0.1, 0.15) is 22.6 Å². The molecule has 1 aliphatic heterocycles. The molecule has 1 aliphatic rings. The molecule has 2 heterocycles. The first kappa shape index (κ1) is 23.6. The normalized spacial score (nSPS) is 17.9. The lowest BCUT2D eigenvalue weighted by atomic mass is 10.2. The molecule has 2 atom stereocenters. The quantitative estimate of drug-likeness (QED) is 0.542. The Balaban J connectivity index is 1.69. The highest BCUT2D eigenvalue weighted by atomic mass is 35.5. The largest absolute Gasteiger partial charge is 0.487 e. The molecule has 0 saturated carbocycles. The van der Waals surface area contributed by atoms with Gasteiger partial charge in [0.05, 0.1) is 43.9 Å². The van der Waals surface area contributed by atoms with E-state index in [1.54, 1.807) is 24.3 Å². The SMILES string of the molecule is N#CCC1COC(COc2c(F)ccc3nc(C(N)=O)n(Cc4cccc(Cl)c4)c(=O)c23)CO1. The summed E-state index contributed by atoms with van der Waals surface area (Å²) in [7, 11) is 0. The zero-order valence-electron chi connectivity index (χ0n) is 17.9. The summed E-state index contributed by atoms with van der Waals surface area (Å²) in [5.41, 5.74) is 5.46. The molecule has 176 valence electrons. The second kappa shape index (κ2) is 10.2. The fraction of sp³-hybridized carbons (Fsp3) is 0.304. The number of hydrogen-bond acceptors (Lipinski definition) is 7. The van der Waals surface area contributed by atoms with E-state index in [0.29, 0.717) is 10.6 Å². The number of nitrogens with zero attached hydrogens (tertiary/aromatic N) is 3. The van der Waals surface area contributed by atoms with Gasteiger partial charge in [0.2, 0.25) is 5.82 Å². The van der Waals surface area contributed by atoms with Crippen molar-refractivity contribution >= 4 is 28.4 Å². The number of nitriles is 1. The number of fused-ring (bicyclic) bond motifs is 1. The lowest BCUT2D eigenvalue weighted by molar-refractivity contribution is -0.140. The van der Waals surface area contributed by atoms with Crippen LogP contribution in [0.15, 0.2) is 41.2 Å². The highest BCUT2D eigenvalue weighted by molar-refractivity contribution is 6.30. The first-order valence-corrected chi connectivity index (χ1v) is 10.8. The summed E-state index contributed by atoms with van der Waals surface area (Å²) in [4.78, 5) is 29.7. The van der Waals surface area contributed by atoms with Crippen molar-refractivity contribution < 1.29 is 23.4 Å². The van der Waals surface area contributed by atoms with Gasteiger partial charge in [-0.3, -0.25) is 14.2 Å². The predicted octanol–water partition coefficient (Wildman–Crippen LogP) is 2.41. The summed E-state index contributed by atoms with van der Waals surface area (Å²) in [5, 5.41) is 9.06. The highest BCUT2D eigenvalue weighted by Crippen LogP contribution is 2.27. The molecule has 0 spiro atoms. The molecule has 1 saturated heterocycles. The summed E-state index contributed by atoms with van der Waals surface area (Å²) in [6.45, 7) is 0.203. The fourth-order valence-electron chi connectivity index (χ4n) is 3.62. The Kier molecular flexibility index (Phi) is 7.07. The number of hydrogen-bond donors (Lipinski definition) is 1. The van der Waals surface area contributed by atoms with Crippen LogP contribution in [0.4, 0.5) is 4.39 Å². The van der Waals surface area contributed by atoms with Crippen LogP contribution in [0.2, 0.25) is 5.02 Å². The van der Waals surface area contributed by atoms with Crippen molar-refractivity contribution in [3.8, 4) is 11.8 Å². The van der Waals surface area contributed by atoms with E-state index in [1.807, 2.05) is 6.07 Å². The van der Waals surface area contributed by atoms with Crippen LogP contribution in [0.25, 0.3) is 10.9 Å². The molecule has 1 fully saturated rings. The van der Waals surface area contributed by atoms with E-state index in [-0.39, 0.29) is 61.4 Å². The van der Waals surface area contributed by atoms with Crippen molar-refractivity contribution in [3.63, 3.8) is 0 Å². The summed E-state index contributed by atoms with van der Waals surface area (Å²) in [6, 6.07) is 11.1. The van der Waals surface area contributed by atoms with E-state index in [1.165, 1.54) is 6.07 Å². The molecule has 4 rings (SSSR count). The molecule has 2 unspecified atom stereocenters. The zero-order chi connectivity index (χ0) is 24.2. The molecule has 1 amide bonds. The van der Waals surface area contributed by atoms with Crippen molar-refractivity contribution in [1.82, 2.24) is 9.55 Å². The maximum absolute atomic E-state index is 14.8. The zero-order valence-corrected chi connectivity index (χ0v) is 18.6. The molecule has 0 aliphatic carbocycles. The maximum atomic E-state index is 14.8. The van der Waals surface area contributed by atoms with Gasteiger partial charge < -0.3 is 19.9 Å². The van der Waals surface area contributed by atoms with Crippen LogP contribution in [-0.4, -0.2) is 47.5 Å². The van der Waals surface area contributed by atoms with Crippen LogP contribution >= 0.6 is 11.6 Å². The smallest absolute Gasteiger partial charge is 0.284 e. The monoisotopic (exact) mass is 486 g/mol. The average molecular weight is 487 g/mol. The second-order valence-electron chi connectivity index (χ2n) is 7.68. The van der Waals surface area contributed by atoms with E-state index >= 15 is 0 Å². The van der Waals surface area contributed by atoms with E-state index < -0.39 is 23.4 Å². The lowest BCUT2D eigenvalue weighted by Gasteiger charge is -2.28. The number of carbonyl (C=O) groups is 1. The highest BCUT2D eigenvalue weighted by Gasteiger charge is 2.25. The van der Waals surface area contributed by atoms with Crippen LogP contribution < -0.4 is 16.0 Å². The molecule has 0 bridgehead atoms. The Morgan fingerprint density at radius 3 is 2.74 bits per heavy atom. The standard InChI is InChI=1S/C23H20ClFN4O5/c24-14-3-1-2-13(8-14)9-29-22(21(27)30)28-18-5-4-17(25)20(19(18)23(29)31)34-12-16-11-32-15(6-7-26)10-33-16/h1-5,8,15-16H,6,9-12H2,(H2,27,30). The van der Waals surface area contributed by atoms with E-state index in [9.17, 15) is 14.0 Å². The van der Waals surface area contributed by atoms with Gasteiger partial charge in [-0.15, -0.1) is 0 Å². The summed E-state index contributed by atoms with van der Waals surface area (Å²) in [6.07, 6.45) is -0.646. The Morgan fingerprint density at radius 2 is 2.06 bits per heavy atom. The van der Waals surface area contributed by atoms with Gasteiger partial charge in [-0.1, -0.05) is 23.7 Å². The van der Waals surface area contributed by atoms with Gasteiger partial charge in [-0.05, 0) is 29.8 Å². The van der Waals surface area contributed by atoms with Gasteiger partial charge in [-0.25, -0.2) is 9.37 Å². The van der Waals surface area contributed by atoms with Crippen LogP contribution in [0.5, 0.6) is 5.75 Å². The van der Waals surface area contributed by atoms with Crippen LogP contribution in [-0.2, 0) is 16.0 Å². The van der Waals surface area contributed by atoms with Gasteiger partial charge in [0.15, 0.2) is 11.6 Å². The van der Waals surface area contributed by atoms with E-state index in [0.717, 1.165) is 10.6 Å². The number of primary amides is 1. The molecular formula is C23H20ClFN4O5. The number of ether oxygens (including phenoxy) is 3. The third-order valence-electron chi connectivity index (χ3n) is 5.25. The first-order valence-electron chi connectivity index (χ1n) is 10.4. The number of aromatic nitrogens is 2. The minimum absolute atomic E-state index is 0.0591. The van der Waals surface area contributed by atoms with Crippen molar-refractivity contribution in [1.29, 1.82) is 5.26 Å². The molecule has 2 aromatic carbocycles. The van der Waals surface area contributed by atoms with Gasteiger partial charge in [0.25, 0.3) is 11.5 Å². The molecule has 34 heavy (non-hydrogen) atoms. The Morgan fingerprint density at radius 1 is 1.29 bits per heavy atom. The van der Waals surface area contributed by atoms with Gasteiger partial charge >= 0.3 is 0 Å².